The van der Waals surface area contributed by atoms with E-state index < -0.39 is 0 Å². The minimum absolute atomic E-state index is 0.194. The number of carbonyl (C=O) groups excluding carboxylic acids is 2. The number of piperidine rings is 1. The van der Waals surface area contributed by atoms with Gasteiger partial charge in [-0.1, -0.05) is 30.7 Å². The standard InChI is InChI=1S/C43H50N6O3/c1-26-34(8-6-10-38(26)47-42(51)40-20-36(28-12-13-28)30(23-45-40)22-44-32-18-33(50)19-32)35-9-7-11-39(27(35)2)48-43(52)41-21-37(29-14-15-29)31(24-46-41)25-49-16-4-3-5-17-49/h6-11,20-21,23-24,28-29,32-33,44,50H,3-5,12-19,22,25H2,1-2H3,(H,47,51)(H,48,52). The zero-order chi connectivity index (χ0) is 35.8. The molecule has 0 bridgehead atoms. The predicted molar refractivity (Wildman–Crippen MR) is 205 cm³/mol. The number of aliphatic hydroxyl groups excluding tert-OH is 1. The fourth-order valence-corrected chi connectivity index (χ4v) is 7.94. The molecule has 3 aliphatic carbocycles. The highest BCUT2D eigenvalue weighted by Gasteiger charge is 2.31. The summed E-state index contributed by atoms with van der Waals surface area (Å²) < 4.78 is 0. The molecule has 4 fully saturated rings. The molecular weight excluding hydrogens is 649 g/mol. The summed E-state index contributed by atoms with van der Waals surface area (Å²) in [6.07, 6.45) is 13.6. The van der Waals surface area contributed by atoms with Crippen LogP contribution in [0.15, 0.2) is 60.9 Å². The molecule has 0 radical (unpaired) electrons. The van der Waals surface area contributed by atoms with E-state index in [-0.39, 0.29) is 17.9 Å². The minimum atomic E-state index is -0.235. The van der Waals surface area contributed by atoms with Crippen molar-refractivity contribution >= 4 is 23.2 Å². The molecule has 4 N–H and O–H groups in total. The molecule has 2 aromatic carbocycles. The lowest BCUT2D eigenvalue weighted by Crippen LogP contribution is -2.43. The average Bonchev–Trinajstić information content (AvgIpc) is 4.07. The summed E-state index contributed by atoms with van der Waals surface area (Å²) in [6, 6.07) is 16.2. The van der Waals surface area contributed by atoms with Gasteiger partial charge in [-0.25, -0.2) is 0 Å². The van der Waals surface area contributed by atoms with Crippen LogP contribution in [0.2, 0.25) is 0 Å². The number of hydrogen-bond acceptors (Lipinski definition) is 7. The number of pyridine rings is 2. The van der Waals surface area contributed by atoms with Crippen LogP contribution in [0.3, 0.4) is 0 Å². The zero-order valence-corrected chi connectivity index (χ0v) is 30.4. The van der Waals surface area contributed by atoms with Crippen molar-refractivity contribution in [1.29, 1.82) is 0 Å². The molecule has 4 aromatic rings. The van der Waals surface area contributed by atoms with Crippen molar-refractivity contribution in [2.75, 3.05) is 23.7 Å². The van der Waals surface area contributed by atoms with Crippen LogP contribution in [0.5, 0.6) is 0 Å². The second-order valence-corrected chi connectivity index (χ2v) is 15.5. The van der Waals surface area contributed by atoms with Gasteiger partial charge in [-0.2, -0.15) is 0 Å². The summed E-state index contributed by atoms with van der Waals surface area (Å²) in [5.74, 6) is 0.563. The smallest absolute Gasteiger partial charge is 0.274 e. The Hall–Kier alpha value is -4.44. The molecule has 0 unspecified atom stereocenters. The highest BCUT2D eigenvalue weighted by molar-refractivity contribution is 6.05. The van der Waals surface area contributed by atoms with Crippen molar-refractivity contribution in [1.82, 2.24) is 20.2 Å². The van der Waals surface area contributed by atoms with Crippen LogP contribution in [-0.2, 0) is 13.1 Å². The maximum Gasteiger partial charge on any atom is 0.274 e. The van der Waals surface area contributed by atoms with Gasteiger partial charge in [0.1, 0.15) is 11.4 Å². The molecule has 2 aromatic heterocycles. The van der Waals surface area contributed by atoms with E-state index in [1.165, 1.54) is 48.8 Å². The first-order valence-electron chi connectivity index (χ1n) is 19.2. The molecule has 270 valence electrons. The molecule has 3 saturated carbocycles. The lowest BCUT2D eigenvalue weighted by atomic mass is 9.89. The Kier molecular flexibility index (Phi) is 9.92. The number of carbonyl (C=O) groups is 2. The van der Waals surface area contributed by atoms with Crippen molar-refractivity contribution in [3.8, 4) is 11.1 Å². The van der Waals surface area contributed by atoms with Gasteiger partial charge in [-0.3, -0.25) is 24.5 Å². The van der Waals surface area contributed by atoms with Crippen molar-refractivity contribution in [3.63, 3.8) is 0 Å². The number of amides is 2. The topological polar surface area (TPSA) is 119 Å². The van der Waals surface area contributed by atoms with E-state index in [2.05, 4.69) is 43.0 Å². The van der Waals surface area contributed by atoms with Crippen LogP contribution in [-0.4, -0.2) is 57.0 Å². The summed E-state index contributed by atoms with van der Waals surface area (Å²) in [4.78, 5) is 38.9. The number of aromatic nitrogens is 2. The van der Waals surface area contributed by atoms with Crippen LogP contribution in [0, 0.1) is 13.8 Å². The monoisotopic (exact) mass is 698 g/mol. The molecule has 0 atom stereocenters. The zero-order valence-electron chi connectivity index (χ0n) is 30.4. The molecule has 3 heterocycles. The van der Waals surface area contributed by atoms with E-state index in [4.69, 9.17) is 0 Å². The van der Waals surface area contributed by atoms with Crippen LogP contribution in [0.4, 0.5) is 11.4 Å². The van der Waals surface area contributed by atoms with Crippen molar-refractivity contribution < 1.29 is 14.7 Å². The average molecular weight is 699 g/mol. The Morgan fingerprint density at radius 3 is 1.79 bits per heavy atom. The van der Waals surface area contributed by atoms with Gasteiger partial charge < -0.3 is 21.1 Å². The highest BCUT2D eigenvalue weighted by Crippen LogP contribution is 2.43. The third-order valence-corrected chi connectivity index (χ3v) is 11.5. The predicted octanol–water partition coefficient (Wildman–Crippen LogP) is 7.62. The van der Waals surface area contributed by atoms with Gasteiger partial charge in [-0.05, 0) is 159 Å². The number of anilines is 2. The number of aliphatic hydroxyl groups is 1. The van der Waals surface area contributed by atoms with Crippen molar-refractivity contribution in [3.05, 3.63) is 106 Å². The Labute approximate surface area is 306 Å². The first-order valence-corrected chi connectivity index (χ1v) is 19.2. The number of benzene rings is 2. The second kappa shape index (κ2) is 14.9. The van der Waals surface area contributed by atoms with Crippen LogP contribution in [0.1, 0.15) is 124 Å². The Balaban J connectivity index is 0.968. The molecule has 2 amide bonds. The summed E-state index contributed by atoms with van der Waals surface area (Å²) in [6.45, 7) is 7.91. The Morgan fingerprint density at radius 2 is 1.27 bits per heavy atom. The lowest BCUT2D eigenvalue weighted by molar-refractivity contribution is 0.0619. The van der Waals surface area contributed by atoms with E-state index >= 15 is 0 Å². The number of rotatable bonds is 12. The molecular formula is C43H50N6O3. The summed E-state index contributed by atoms with van der Waals surface area (Å²) in [5.41, 5.74) is 11.0. The maximum absolute atomic E-state index is 13.6. The molecule has 9 nitrogen and oxygen atoms in total. The van der Waals surface area contributed by atoms with Crippen molar-refractivity contribution in [2.24, 2.45) is 0 Å². The first kappa shape index (κ1) is 34.6. The fraction of sp³-hybridized carbons (Fsp3) is 0.442. The van der Waals surface area contributed by atoms with Gasteiger partial charge in [-0.15, -0.1) is 0 Å². The number of likely N-dealkylation sites (tertiary alicyclic amines) is 1. The van der Waals surface area contributed by atoms with Gasteiger partial charge in [0, 0.05) is 42.9 Å². The van der Waals surface area contributed by atoms with Gasteiger partial charge in [0.2, 0.25) is 0 Å². The quantitative estimate of drug-likeness (QED) is 0.120. The molecule has 8 rings (SSSR count). The summed E-state index contributed by atoms with van der Waals surface area (Å²) in [7, 11) is 0. The van der Waals surface area contributed by atoms with Gasteiger partial charge in [0.15, 0.2) is 0 Å². The molecule has 1 saturated heterocycles. The summed E-state index contributed by atoms with van der Waals surface area (Å²) >= 11 is 0. The number of nitrogens with zero attached hydrogens (tertiary/aromatic N) is 3. The molecule has 1 aliphatic heterocycles. The molecule has 4 aliphatic rings. The van der Waals surface area contributed by atoms with E-state index in [1.807, 2.05) is 62.6 Å². The summed E-state index contributed by atoms with van der Waals surface area (Å²) in [5, 5.41) is 19.4. The Bertz CT molecular complexity index is 1970. The second-order valence-electron chi connectivity index (χ2n) is 15.5. The normalized spacial score (nSPS) is 20.3. The fourth-order valence-electron chi connectivity index (χ4n) is 7.94. The van der Waals surface area contributed by atoms with Crippen LogP contribution < -0.4 is 16.0 Å². The molecule has 9 heteroatoms. The SMILES string of the molecule is Cc1c(NC(=O)c2cc(C3CC3)c(CNC3CC(O)C3)cn2)cccc1-c1cccc(NC(=O)c2cc(C3CC3)c(CN3CCCCC3)cn2)c1C. The van der Waals surface area contributed by atoms with Gasteiger partial charge in [0.25, 0.3) is 11.8 Å². The first-order chi connectivity index (χ1) is 25.3. The lowest BCUT2D eigenvalue weighted by Gasteiger charge is -2.32. The van der Waals surface area contributed by atoms with Crippen LogP contribution >= 0.6 is 0 Å². The number of nitrogens with one attached hydrogen (secondary N) is 3. The third-order valence-electron chi connectivity index (χ3n) is 11.5. The van der Waals surface area contributed by atoms with E-state index in [0.29, 0.717) is 35.8 Å². The largest absolute Gasteiger partial charge is 0.393 e. The maximum atomic E-state index is 13.6. The van der Waals surface area contributed by atoms with Gasteiger partial charge >= 0.3 is 0 Å². The number of hydrogen-bond donors (Lipinski definition) is 4. The molecule has 52 heavy (non-hydrogen) atoms. The van der Waals surface area contributed by atoms with Crippen LogP contribution in [0.25, 0.3) is 11.1 Å². The third kappa shape index (κ3) is 7.68. The highest BCUT2D eigenvalue weighted by atomic mass is 16.3. The van der Waals surface area contributed by atoms with E-state index in [9.17, 15) is 14.7 Å². The van der Waals surface area contributed by atoms with Crippen molar-refractivity contribution in [2.45, 2.75) is 109 Å². The van der Waals surface area contributed by atoms with E-state index in [1.54, 1.807) is 0 Å². The minimum Gasteiger partial charge on any atom is -0.393 e. The Morgan fingerprint density at radius 1 is 0.750 bits per heavy atom. The van der Waals surface area contributed by atoms with E-state index in [0.717, 1.165) is 84.5 Å². The van der Waals surface area contributed by atoms with Gasteiger partial charge in [0.05, 0.1) is 6.10 Å². The molecule has 0 spiro atoms.